The van der Waals surface area contributed by atoms with E-state index in [4.69, 9.17) is 17.0 Å². The van der Waals surface area contributed by atoms with E-state index in [1.165, 1.54) is 0 Å². The van der Waals surface area contributed by atoms with Crippen molar-refractivity contribution in [2.24, 2.45) is 0 Å². The molecule has 0 fully saturated rings. The van der Waals surface area contributed by atoms with Gasteiger partial charge >= 0.3 is 0 Å². The molecule has 7 heteroatoms. The van der Waals surface area contributed by atoms with Gasteiger partial charge in [-0.05, 0) is 53.2 Å². The fourth-order valence-electron chi connectivity index (χ4n) is 2.75. The highest BCUT2D eigenvalue weighted by Crippen LogP contribution is 2.19. The Morgan fingerprint density at radius 2 is 1.47 bits per heavy atom. The number of methoxy groups -OCH3 is 1. The maximum Gasteiger partial charge on any atom is 0.257 e. The van der Waals surface area contributed by atoms with Crippen LogP contribution in [0, 0.1) is 0 Å². The molecule has 3 aromatic rings. The lowest BCUT2D eigenvalue weighted by molar-refractivity contribution is -0.121. The van der Waals surface area contributed by atoms with Crippen LogP contribution in [0.3, 0.4) is 0 Å². The molecule has 0 spiro atoms. The van der Waals surface area contributed by atoms with Crippen LogP contribution in [0.1, 0.15) is 15.9 Å². The molecule has 0 aromatic heterocycles. The highest BCUT2D eigenvalue weighted by molar-refractivity contribution is 7.80. The van der Waals surface area contributed by atoms with Crippen LogP contribution >= 0.6 is 12.2 Å². The first kappa shape index (κ1) is 21.0. The van der Waals surface area contributed by atoms with E-state index >= 15 is 0 Å². The summed E-state index contributed by atoms with van der Waals surface area (Å²) >= 11 is 5.07. The van der Waals surface area contributed by atoms with E-state index in [2.05, 4.69) is 16.2 Å². The van der Waals surface area contributed by atoms with Crippen LogP contribution < -0.4 is 20.9 Å². The third-order valence-electron chi connectivity index (χ3n) is 4.32. The Bertz CT molecular complexity index is 1020. The Hall–Kier alpha value is -3.71. The quantitative estimate of drug-likeness (QED) is 0.437. The van der Waals surface area contributed by atoms with Crippen LogP contribution in [0.4, 0.5) is 0 Å². The molecule has 0 aliphatic heterocycles. The number of nitrogens with one attached hydrogen (secondary N) is 3. The molecule has 0 saturated carbocycles. The van der Waals surface area contributed by atoms with Crippen molar-refractivity contribution in [2.75, 3.05) is 7.11 Å². The fraction of sp³-hybridized carbons (Fsp3) is 0.0870. The number of hydrazine groups is 1. The van der Waals surface area contributed by atoms with Gasteiger partial charge in [0, 0.05) is 5.56 Å². The van der Waals surface area contributed by atoms with Crippen molar-refractivity contribution < 1.29 is 14.3 Å². The van der Waals surface area contributed by atoms with Gasteiger partial charge in [0.25, 0.3) is 5.91 Å². The van der Waals surface area contributed by atoms with E-state index in [0.717, 1.165) is 22.4 Å². The highest BCUT2D eigenvalue weighted by atomic mass is 32.1. The van der Waals surface area contributed by atoms with Gasteiger partial charge in [-0.15, -0.1) is 0 Å². The number of amides is 2. The molecular weight excluding hydrogens is 398 g/mol. The normalized spacial score (nSPS) is 10.0. The smallest absolute Gasteiger partial charge is 0.257 e. The van der Waals surface area contributed by atoms with E-state index < -0.39 is 0 Å². The Kier molecular flexibility index (Phi) is 7.13. The van der Waals surface area contributed by atoms with Crippen LogP contribution in [0.25, 0.3) is 11.1 Å². The van der Waals surface area contributed by atoms with Gasteiger partial charge in [0.2, 0.25) is 5.91 Å². The van der Waals surface area contributed by atoms with E-state index in [1.54, 1.807) is 43.5 Å². The minimum Gasteiger partial charge on any atom is -0.497 e. The summed E-state index contributed by atoms with van der Waals surface area (Å²) in [5.41, 5.74) is 8.38. The molecule has 2 amide bonds. The molecule has 0 aliphatic carbocycles. The van der Waals surface area contributed by atoms with Crippen molar-refractivity contribution in [3.8, 4) is 16.9 Å². The maximum atomic E-state index is 12.3. The topological polar surface area (TPSA) is 79.5 Å². The minimum absolute atomic E-state index is 0.00946. The second kappa shape index (κ2) is 10.2. The minimum atomic E-state index is -0.364. The summed E-state index contributed by atoms with van der Waals surface area (Å²) in [6.07, 6.45) is 0.161. The monoisotopic (exact) mass is 419 g/mol. The molecule has 3 aromatic carbocycles. The molecule has 0 atom stereocenters. The molecule has 0 radical (unpaired) electrons. The van der Waals surface area contributed by atoms with Crippen molar-refractivity contribution >= 4 is 29.1 Å². The third kappa shape index (κ3) is 5.89. The van der Waals surface area contributed by atoms with Gasteiger partial charge in [0.1, 0.15) is 5.75 Å². The molecule has 0 unspecified atom stereocenters. The molecule has 152 valence electrons. The number of carbonyl (C=O) groups excluding carboxylic acids is 2. The summed E-state index contributed by atoms with van der Waals surface area (Å²) in [5, 5.41) is 2.55. The summed E-state index contributed by atoms with van der Waals surface area (Å²) < 4.78 is 5.09. The summed E-state index contributed by atoms with van der Waals surface area (Å²) in [6, 6.07) is 24.2. The van der Waals surface area contributed by atoms with Crippen LogP contribution in [0.5, 0.6) is 5.75 Å². The average molecular weight is 420 g/mol. The summed E-state index contributed by atoms with van der Waals surface area (Å²) in [7, 11) is 1.58. The van der Waals surface area contributed by atoms with Gasteiger partial charge in [0.15, 0.2) is 5.11 Å². The lowest BCUT2D eigenvalue weighted by Gasteiger charge is -2.11. The fourth-order valence-corrected chi connectivity index (χ4v) is 2.89. The lowest BCUT2D eigenvalue weighted by Crippen LogP contribution is -2.48. The van der Waals surface area contributed by atoms with Crippen molar-refractivity contribution in [1.82, 2.24) is 16.2 Å². The van der Waals surface area contributed by atoms with Crippen LogP contribution in [0.15, 0.2) is 78.9 Å². The number of benzene rings is 3. The molecule has 0 aliphatic rings. The zero-order valence-electron chi connectivity index (χ0n) is 16.3. The SMILES string of the molecule is COc1ccc(CC(=O)NNC(=S)NC(=O)c2ccc(-c3ccccc3)cc2)cc1. The van der Waals surface area contributed by atoms with Gasteiger partial charge in [-0.2, -0.15) is 0 Å². The standard InChI is InChI=1S/C23H21N3O3S/c1-29-20-13-7-16(8-14-20)15-21(27)25-26-23(30)24-22(28)19-11-9-18(10-12-19)17-5-3-2-4-6-17/h2-14H,15H2,1H3,(H,25,27)(H2,24,26,28,30). The second-order valence-electron chi connectivity index (χ2n) is 6.42. The average Bonchev–Trinajstić information content (AvgIpc) is 2.79. The number of hydrogen-bond donors (Lipinski definition) is 3. The highest BCUT2D eigenvalue weighted by Gasteiger charge is 2.09. The lowest BCUT2D eigenvalue weighted by atomic mass is 10.0. The number of ether oxygens (including phenoxy) is 1. The molecule has 3 N–H and O–H groups in total. The van der Waals surface area contributed by atoms with E-state index in [1.807, 2.05) is 42.5 Å². The van der Waals surface area contributed by atoms with E-state index in [-0.39, 0.29) is 23.3 Å². The van der Waals surface area contributed by atoms with Crippen molar-refractivity contribution in [3.63, 3.8) is 0 Å². The van der Waals surface area contributed by atoms with Gasteiger partial charge in [0.05, 0.1) is 13.5 Å². The second-order valence-corrected chi connectivity index (χ2v) is 6.83. The van der Waals surface area contributed by atoms with Crippen molar-refractivity contribution in [1.29, 1.82) is 0 Å². The van der Waals surface area contributed by atoms with Gasteiger partial charge in [-0.1, -0.05) is 54.6 Å². The van der Waals surface area contributed by atoms with Crippen LogP contribution in [-0.4, -0.2) is 24.0 Å². The molecule has 3 rings (SSSR count). The number of carbonyl (C=O) groups is 2. The molecule has 0 bridgehead atoms. The summed E-state index contributed by atoms with van der Waals surface area (Å²) in [4.78, 5) is 24.4. The molecule has 0 heterocycles. The first-order valence-corrected chi connectivity index (χ1v) is 9.64. The first-order valence-electron chi connectivity index (χ1n) is 9.24. The Labute approximate surface area is 180 Å². The third-order valence-corrected chi connectivity index (χ3v) is 4.52. The zero-order chi connectivity index (χ0) is 21.3. The summed E-state index contributed by atoms with van der Waals surface area (Å²) in [5.74, 6) is 0.0680. The molecule has 30 heavy (non-hydrogen) atoms. The largest absolute Gasteiger partial charge is 0.497 e. The first-order chi connectivity index (χ1) is 14.5. The predicted octanol–water partition coefficient (Wildman–Crippen LogP) is 3.24. The maximum absolute atomic E-state index is 12.3. The molecule has 0 saturated heterocycles. The number of thiocarbonyl (C=S) groups is 1. The number of hydrogen-bond acceptors (Lipinski definition) is 4. The van der Waals surface area contributed by atoms with Crippen molar-refractivity contribution in [2.45, 2.75) is 6.42 Å². The number of rotatable bonds is 5. The molecular formula is C23H21N3O3S. The Balaban J connectivity index is 1.47. The predicted molar refractivity (Wildman–Crippen MR) is 120 cm³/mol. The Morgan fingerprint density at radius 1 is 0.833 bits per heavy atom. The van der Waals surface area contributed by atoms with Gasteiger partial charge in [-0.3, -0.25) is 25.8 Å². The molecule has 6 nitrogen and oxygen atoms in total. The van der Waals surface area contributed by atoms with E-state index in [9.17, 15) is 9.59 Å². The van der Waals surface area contributed by atoms with Gasteiger partial charge in [-0.25, -0.2) is 0 Å². The van der Waals surface area contributed by atoms with Crippen LogP contribution in [-0.2, 0) is 11.2 Å². The van der Waals surface area contributed by atoms with Gasteiger partial charge < -0.3 is 4.74 Å². The van der Waals surface area contributed by atoms with Crippen molar-refractivity contribution in [3.05, 3.63) is 90.0 Å². The zero-order valence-corrected chi connectivity index (χ0v) is 17.2. The Morgan fingerprint density at radius 3 is 2.10 bits per heavy atom. The van der Waals surface area contributed by atoms with E-state index in [0.29, 0.717) is 5.56 Å². The van der Waals surface area contributed by atoms with Crippen LogP contribution in [0.2, 0.25) is 0 Å². The summed E-state index contributed by atoms with van der Waals surface area (Å²) in [6.45, 7) is 0.